The molecule has 0 spiro atoms. The van der Waals surface area contributed by atoms with Crippen LogP contribution in [0.1, 0.15) is 31.8 Å². The van der Waals surface area contributed by atoms with Gasteiger partial charge >= 0.3 is 0 Å². The molecule has 3 N–H and O–H groups in total. The van der Waals surface area contributed by atoms with Crippen molar-refractivity contribution in [2.24, 2.45) is 5.73 Å². The number of para-hydroxylation sites is 1. The van der Waals surface area contributed by atoms with E-state index < -0.39 is 5.91 Å². The Bertz CT molecular complexity index is 1150. The molecule has 0 atom stereocenters. The van der Waals surface area contributed by atoms with E-state index in [-0.39, 0.29) is 5.91 Å². The molecule has 7 heteroatoms. The van der Waals surface area contributed by atoms with Gasteiger partial charge in [0.1, 0.15) is 0 Å². The van der Waals surface area contributed by atoms with Gasteiger partial charge in [-0.3, -0.25) is 19.5 Å². The summed E-state index contributed by atoms with van der Waals surface area (Å²) in [5, 5.41) is 3.04. The number of nitrogens with one attached hydrogen (secondary N) is 1. The molecule has 7 nitrogen and oxygen atoms in total. The quantitative estimate of drug-likeness (QED) is 0.611. The van der Waals surface area contributed by atoms with Gasteiger partial charge in [-0.1, -0.05) is 24.3 Å². The monoisotopic (exact) mass is 443 g/mol. The first kappa shape index (κ1) is 22.6. The second-order valence-corrected chi connectivity index (χ2v) is 8.52. The highest BCUT2D eigenvalue weighted by Crippen LogP contribution is 2.24. The van der Waals surface area contributed by atoms with Gasteiger partial charge in [-0.2, -0.15) is 0 Å². The lowest BCUT2D eigenvalue weighted by Crippen LogP contribution is -2.43. The highest BCUT2D eigenvalue weighted by molar-refractivity contribution is 6.04. The van der Waals surface area contributed by atoms with E-state index in [1.165, 1.54) is 0 Å². The Morgan fingerprint density at radius 3 is 2.42 bits per heavy atom. The zero-order valence-electron chi connectivity index (χ0n) is 19.0. The smallest absolute Gasteiger partial charge is 0.257 e. The lowest BCUT2D eigenvalue weighted by Gasteiger charge is -2.32. The van der Waals surface area contributed by atoms with Crippen LogP contribution in [0.5, 0.6) is 0 Å². The molecule has 2 heterocycles. The van der Waals surface area contributed by atoms with Crippen LogP contribution < -0.4 is 11.1 Å². The molecule has 0 bridgehead atoms. The lowest BCUT2D eigenvalue weighted by molar-refractivity contribution is 0.0997. The maximum absolute atomic E-state index is 12.9. The fourth-order valence-corrected chi connectivity index (χ4v) is 3.96. The predicted octanol–water partition coefficient (Wildman–Crippen LogP) is 3.16. The van der Waals surface area contributed by atoms with Crippen molar-refractivity contribution in [3.05, 3.63) is 83.0 Å². The number of aromatic nitrogens is 1. The summed E-state index contributed by atoms with van der Waals surface area (Å²) in [5.74, 6) is -0.690. The van der Waals surface area contributed by atoms with Gasteiger partial charge in [0.2, 0.25) is 5.91 Å². The number of benzene rings is 2. The number of carbonyl (C=O) groups is 2. The van der Waals surface area contributed by atoms with Crippen LogP contribution in [-0.2, 0) is 6.54 Å². The van der Waals surface area contributed by atoms with Crippen molar-refractivity contribution in [1.82, 2.24) is 14.8 Å². The second-order valence-electron chi connectivity index (χ2n) is 8.52. The first-order valence-corrected chi connectivity index (χ1v) is 11.1. The molecule has 2 amide bonds. The molecule has 1 aromatic heterocycles. The highest BCUT2D eigenvalue weighted by atomic mass is 16.2. The fraction of sp³-hybridized carbons (Fsp3) is 0.269. The molecule has 170 valence electrons. The number of rotatable bonds is 6. The number of carbonyl (C=O) groups excluding carboxylic acids is 2. The molecule has 0 radical (unpaired) electrons. The number of pyridine rings is 1. The van der Waals surface area contributed by atoms with Gasteiger partial charge in [0.25, 0.3) is 5.91 Å². The number of piperazine rings is 1. The molecular formula is C26H29N5O2. The van der Waals surface area contributed by atoms with E-state index in [0.29, 0.717) is 16.8 Å². The van der Waals surface area contributed by atoms with Gasteiger partial charge in [0.15, 0.2) is 0 Å². The maximum atomic E-state index is 12.9. The van der Waals surface area contributed by atoms with Crippen molar-refractivity contribution in [3.63, 3.8) is 0 Å². The Hall–Kier alpha value is -3.55. The highest BCUT2D eigenvalue weighted by Gasteiger charge is 2.17. The summed E-state index contributed by atoms with van der Waals surface area (Å²) in [6.45, 7) is 6.88. The summed E-state index contributed by atoms with van der Waals surface area (Å²) in [7, 11) is 2.14. The van der Waals surface area contributed by atoms with Crippen LogP contribution in [0, 0.1) is 6.92 Å². The number of primary amides is 1. The van der Waals surface area contributed by atoms with Crippen LogP contribution in [0.15, 0.2) is 60.8 Å². The third-order valence-electron chi connectivity index (χ3n) is 6.08. The number of nitrogens with two attached hydrogens (primary N) is 1. The average Bonchev–Trinajstić information content (AvgIpc) is 2.82. The normalized spacial score (nSPS) is 14.7. The molecule has 0 saturated carbocycles. The molecule has 1 aliphatic rings. The Balaban J connectivity index is 1.48. The topological polar surface area (TPSA) is 91.6 Å². The van der Waals surface area contributed by atoms with E-state index >= 15 is 0 Å². The summed E-state index contributed by atoms with van der Waals surface area (Å²) < 4.78 is 0. The van der Waals surface area contributed by atoms with E-state index in [2.05, 4.69) is 33.2 Å². The summed E-state index contributed by atoms with van der Waals surface area (Å²) >= 11 is 0. The Kier molecular flexibility index (Phi) is 6.82. The summed E-state index contributed by atoms with van der Waals surface area (Å²) in [6, 6.07) is 16.7. The maximum Gasteiger partial charge on any atom is 0.257 e. The Labute approximate surface area is 194 Å². The molecule has 0 unspecified atom stereocenters. The molecule has 1 saturated heterocycles. The summed E-state index contributed by atoms with van der Waals surface area (Å²) in [4.78, 5) is 33.7. The van der Waals surface area contributed by atoms with Crippen molar-refractivity contribution < 1.29 is 9.59 Å². The molecule has 1 aliphatic heterocycles. The number of amides is 2. The van der Waals surface area contributed by atoms with Crippen LogP contribution in [0.2, 0.25) is 0 Å². The van der Waals surface area contributed by atoms with E-state index in [1.807, 2.05) is 31.2 Å². The molecule has 2 aromatic carbocycles. The van der Waals surface area contributed by atoms with E-state index in [0.717, 1.165) is 55.1 Å². The van der Waals surface area contributed by atoms with E-state index in [1.54, 1.807) is 30.5 Å². The molecule has 4 rings (SSSR count). The van der Waals surface area contributed by atoms with Gasteiger partial charge in [-0.25, -0.2) is 0 Å². The Morgan fingerprint density at radius 1 is 1.00 bits per heavy atom. The SMILES string of the molecule is Cc1ccc(C(N)=O)cc1-c1ccc(C(=O)Nc2ccccc2CN2CCN(C)CC2)cn1. The fourth-order valence-electron chi connectivity index (χ4n) is 3.96. The van der Waals surface area contributed by atoms with Crippen molar-refractivity contribution in [2.75, 3.05) is 38.5 Å². The second kappa shape index (κ2) is 9.94. The number of nitrogens with zero attached hydrogens (tertiary/aromatic N) is 3. The largest absolute Gasteiger partial charge is 0.366 e. The minimum Gasteiger partial charge on any atom is -0.366 e. The van der Waals surface area contributed by atoms with Crippen LogP contribution in [-0.4, -0.2) is 59.8 Å². The Morgan fingerprint density at radius 2 is 1.73 bits per heavy atom. The molecule has 33 heavy (non-hydrogen) atoms. The predicted molar refractivity (Wildman–Crippen MR) is 130 cm³/mol. The zero-order valence-corrected chi connectivity index (χ0v) is 19.0. The molecule has 0 aliphatic carbocycles. The first-order valence-electron chi connectivity index (χ1n) is 11.1. The molecule has 3 aromatic rings. The third kappa shape index (κ3) is 5.45. The van der Waals surface area contributed by atoms with Crippen molar-refractivity contribution >= 4 is 17.5 Å². The number of hydrogen-bond acceptors (Lipinski definition) is 5. The molecular weight excluding hydrogens is 414 g/mol. The van der Waals surface area contributed by atoms with Crippen molar-refractivity contribution in [3.8, 4) is 11.3 Å². The van der Waals surface area contributed by atoms with Gasteiger partial charge in [-0.05, 0) is 55.4 Å². The lowest BCUT2D eigenvalue weighted by atomic mass is 10.0. The van der Waals surface area contributed by atoms with Crippen LogP contribution in [0.3, 0.4) is 0 Å². The van der Waals surface area contributed by atoms with Gasteiger partial charge in [0.05, 0.1) is 11.3 Å². The zero-order chi connectivity index (χ0) is 23.4. The summed E-state index contributed by atoms with van der Waals surface area (Å²) in [5.41, 5.74) is 10.7. The standard InChI is InChI=1S/C26H29N5O2/c1-18-7-8-19(25(27)32)15-22(18)24-10-9-20(16-28-24)26(33)29-23-6-4-3-5-21(23)17-31-13-11-30(2)12-14-31/h3-10,15-16H,11-14,17H2,1-2H3,(H2,27,32)(H,29,33). The van der Waals surface area contributed by atoms with E-state index in [9.17, 15) is 9.59 Å². The number of aryl methyl sites for hydroxylation is 1. The third-order valence-corrected chi connectivity index (χ3v) is 6.08. The van der Waals surface area contributed by atoms with Crippen LogP contribution in [0.25, 0.3) is 11.3 Å². The number of anilines is 1. The van der Waals surface area contributed by atoms with Gasteiger partial charge in [0, 0.05) is 55.7 Å². The van der Waals surface area contributed by atoms with Crippen molar-refractivity contribution in [2.45, 2.75) is 13.5 Å². The van der Waals surface area contributed by atoms with E-state index in [4.69, 9.17) is 5.73 Å². The first-order chi connectivity index (χ1) is 15.9. The minimum absolute atomic E-state index is 0.206. The van der Waals surface area contributed by atoms with Gasteiger partial charge in [-0.15, -0.1) is 0 Å². The molecule has 1 fully saturated rings. The summed E-state index contributed by atoms with van der Waals surface area (Å²) in [6.07, 6.45) is 1.56. The number of hydrogen-bond donors (Lipinski definition) is 2. The minimum atomic E-state index is -0.484. The van der Waals surface area contributed by atoms with Crippen LogP contribution in [0.4, 0.5) is 5.69 Å². The number of likely N-dealkylation sites (N-methyl/N-ethyl adjacent to an activating group) is 1. The van der Waals surface area contributed by atoms with Gasteiger partial charge < -0.3 is 16.0 Å². The average molecular weight is 444 g/mol. The van der Waals surface area contributed by atoms with Crippen molar-refractivity contribution in [1.29, 1.82) is 0 Å². The van der Waals surface area contributed by atoms with Crippen LogP contribution >= 0.6 is 0 Å².